The Hall–Kier alpha value is -0.430. The van der Waals surface area contributed by atoms with Crippen LogP contribution in [0.2, 0.25) is 0 Å². The van der Waals surface area contributed by atoms with Crippen molar-refractivity contribution in [3.8, 4) is 5.75 Å². The second kappa shape index (κ2) is 4.71. The van der Waals surface area contributed by atoms with E-state index in [2.05, 4.69) is 4.74 Å². The maximum atomic E-state index is 11.8. The maximum Gasteiger partial charge on any atom is 0.387 e. The van der Waals surface area contributed by atoms with Gasteiger partial charge in [-0.15, -0.1) is 0 Å². The molecule has 71 valence electrons. The largest absolute Gasteiger partial charge is 0.435 e. The molecule has 1 N–H and O–H groups in total. The molecule has 0 heterocycles. The highest BCUT2D eigenvalue weighted by atomic mass is 127. The molecule has 0 aliphatic rings. The van der Waals surface area contributed by atoms with E-state index in [9.17, 15) is 8.78 Å². The van der Waals surface area contributed by atoms with Gasteiger partial charge in [0.2, 0.25) is 0 Å². The van der Waals surface area contributed by atoms with Gasteiger partial charge in [0.15, 0.2) is 0 Å². The van der Waals surface area contributed by atoms with Crippen molar-refractivity contribution in [1.29, 1.82) is 0 Å². The second-order valence-corrected chi connectivity index (χ2v) is 3.47. The van der Waals surface area contributed by atoms with Crippen LogP contribution in [0.15, 0.2) is 18.2 Å². The van der Waals surface area contributed by atoms with Crippen molar-refractivity contribution in [3.05, 3.63) is 33.9 Å². The van der Waals surface area contributed by atoms with Crippen molar-refractivity contribution in [1.82, 2.24) is 0 Å². The number of aliphatic hydroxyl groups excluding tert-OH is 1. The summed E-state index contributed by atoms with van der Waals surface area (Å²) in [6.07, 6.45) is 0. The smallest absolute Gasteiger partial charge is 0.387 e. The van der Waals surface area contributed by atoms with E-state index in [4.69, 9.17) is 5.11 Å². The fourth-order valence-electron chi connectivity index (χ4n) is 0.830. The molecule has 1 aromatic carbocycles. The summed E-state index contributed by atoms with van der Waals surface area (Å²) in [6, 6.07) is 4.42. The van der Waals surface area contributed by atoms with Gasteiger partial charge in [-0.05, 0) is 46.4 Å². The van der Waals surface area contributed by atoms with E-state index in [1.54, 1.807) is 6.07 Å². The van der Waals surface area contributed by atoms with Crippen LogP contribution in [0.25, 0.3) is 0 Å². The summed E-state index contributed by atoms with van der Waals surface area (Å²) in [7, 11) is 0. The average Bonchev–Trinajstić information content (AvgIpc) is 2.01. The molecule has 1 radical (unpaired) electrons. The SMILES string of the molecule is O[CH]c1cc(I)cc(OC(F)F)c1. The van der Waals surface area contributed by atoms with Crippen LogP contribution < -0.4 is 4.74 Å². The van der Waals surface area contributed by atoms with Crippen LogP contribution >= 0.6 is 22.6 Å². The Kier molecular flexibility index (Phi) is 3.86. The molecule has 13 heavy (non-hydrogen) atoms. The molecule has 0 saturated carbocycles. The lowest BCUT2D eigenvalue weighted by Gasteiger charge is -2.06. The van der Waals surface area contributed by atoms with Crippen LogP contribution in [0.1, 0.15) is 5.56 Å². The Morgan fingerprint density at radius 3 is 2.62 bits per heavy atom. The third-order valence-corrected chi connectivity index (χ3v) is 1.89. The lowest BCUT2D eigenvalue weighted by molar-refractivity contribution is -0.0499. The highest BCUT2D eigenvalue weighted by Gasteiger charge is 2.06. The number of alkyl halides is 2. The van der Waals surface area contributed by atoms with E-state index in [-0.39, 0.29) is 5.75 Å². The molecule has 1 aromatic rings. The first kappa shape index (κ1) is 10.6. The minimum absolute atomic E-state index is 0.0437. The molecule has 2 nitrogen and oxygen atoms in total. The van der Waals surface area contributed by atoms with Gasteiger partial charge >= 0.3 is 6.61 Å². The standard InChI is InChI=1S/C8H6F2IO2/c9-8(10)13-7-2-5(4-12)1-6(11)3-7/h1-4,8,12H. The normalized spacial score (nSPS) is 10.5. The molecule has 0 spiro atoms. The number of rotatable bonds is 3. The van der Waals surface area contributed by atoms with Crippen molar-refractivity contribution >= 4 is 22.6 Å². The molecule has 0 fully saturated rings. The summed E-state index contributed by atoms with van der Waals surface area (Å²) in [4.78, 5) is 0. The molecular formula is C8H6F2IO2. The van der Waals surface area contributed by atoms with Gasteiger partial charge in [0.05, 0.1) is 0 Å². The fourth-order valence-corrected chi connectivity index (χ4v) is 1.50. The number of hydrogen-bond acceptors (Lipinski definition) is 2. The van der Waals surface area contributed by atoms with E-state index in [0.717, 1.165) is 10.2 Å². The van der Waals surface area contributed by atoms with Gasteiger partial charge < -0.3 is 9.84 Å². The van der Waals surface area contributed by atoms with E-state index in [1.165, 1.54) is 12.1 Å². The van der Waals surface area contributed by atoms with E-state index >= 15 is 0 Å². The summed E-state index contributed by atoms with van der Waals surface area (Å²) in [5.74, 6) is 0.0437. The Labute approximate surface area is 87.7 Å². The predicted octanol–water partition coefficient (Wildman–Crippen LogP) is 2.77. The second-order valence-electron chi connectivity index (χ2n) is 2.23. The summed E-state index contributed by atoms with van der Waals surface area (Å²) in [6.45, 7) is -2.01. The summed E-state index contributed by atoms with van der Waals surface area (Å²) >= 11 is 1.95. The van der Waals surface area contributed by atoms with Crippen LogP contribution in [-0.4, -0.2) is 11.7 Å². The summed E-state index contributed by atoms with van der Waals surface area (Å²) in [5, 5.41) is 8.65. The van der Waals surface area contributed by atoms with Crippen LogP contribution in [0.5, 0.6) is 5.75 Å². The molecule has 0 atom stereocenters. The summed E-state index contributed by atoms with van der Waals surface area (Å²) < 4.78 is 28.5. The highest BCUT2D eigenvalue weighted by molar-refractivity contribution is 14.1. The third-order valence-electron chi connectivity index (χ3n) is 1.27. The molecule has 0 aromatic heterocycles. The zero-order chi connectivity index (χ0) is 9.84. The molecule has 1 rings (SSSR count). The zero-order valence-electron chi connectivity index (χ0n) is 6.38. The molecule has 0 bridgehead atoms. The Balaban J connectivity index is 2.88. The van der Waals surface area contributed by atoms with Gasteiger partial charge in [0, 0.05) is 3.57 Å². The molecule has 5 heteroatoms. The van der Waals surface area contributed by atoms with Crippen molar-refractivity contribution < 1.29 is 18.6 Å². The minimum atomic E-state index is -2.84. The first-order valence-electron chi connectivity index (χ1n) is 3.34. The van der Waals surface area contributed by atoms with Gasteiger partial charge in [-0.25, -0.2) is 0 Å². The number of hydrogen-bond donors (Lipinski definition) is 1. The van der Waals surface area contributed by atoms with Crippen LogP contribution in [0.3, 0.4) is 0 Å². The maximum absolute atomic E-state index is 11.8. The topological polar surface area (TPSA) is 29.5 Å². The molecule has 0 unspecified atom stereocenters. The van der Waals surface area contributed by atoms with Gasteiger partial charge in [0.25, 0.3) is 0 Å². The highest BCUT2D eigenvalue weighted by Crippen LogP contribution is 2.20. The van der Waals surface area contributed by atoms with Crippen LogP contribution in [0, 0.1) is 10.2 Å². The number of aliphatic hydroxyl groups is 1. The Bertz CT molecular complexity index is 291. The van der Waals surface area contributed by atoms with Crippen LogP contribution in [0.4, 0.5) is 8.78 Å². The first-order valence-corrected chi connectivity index (χ1v) is 4.42. The fraction of sp³-hybridized carbons (Fsp3) is 0.125. The third kappa shape index (κ3) is 3.43. The first-order chi connectivity index (χ1) is 6.11. The van der Waals surface area contributed by atoms with Gasteiger partial charge in [-0.3, -0.25) is 0 Å². The molecule has 0 amide bonds. The minimum Gasteiger partial charge on any atom is -0.435 e. The van der Waals surface area contributed by atoms with Crippen molar-refractivity contribution in [2.24, 2.45) is 0 Å². The van der Waals surface area contributed by atoms with E-state index < -0.39 is 6.61 Å². The molecular weight excluding hydrogens is 293 g/mol. The van der Waals surface area contributed by atoms with E-state index in [0.29, 0.717) is 5.56 Å². The lowest BCUT2D eigenvalue weighted by atomic mass is 10.2. The Morgan fingerprint density at radius 1 is 1.38 bits per heavy atom. The van der Waals surface area contributed by atoms with E-state index in [1.807, 2.05) is 22.6 Å². The number of halogens is 3. The van der Waals surface area contributed by atoms with Crippen molar-refractivity contribution in [3.63, 3.8) is 0 Å². The molecule has 0 aliphatic carbocycles. The Morgan fingerprint density at radius 2 is 2.08 bits per heavy atom. The predicted molar refractivity (Wildman–Crippen MR) is 51.1 cm³/mol. The average molecular weight is 299 g/mol. The van der Waals surface area contributed by atoms with Crippen molar-refractivity contribution in [2.45, 2.75) is 6.61 Å². The lowest BCUT2D eigenvalue weighted by Crippen LogP contribution is -2.02. The van der Waals surface area contributed by atoms with Crippen molar-refractivity contribution in [2.75, 3.05) is 0 Å². The summed E-state index contributed by atoms with van der Waals surface area (Å²) in [5.41, 5.74) is 0.433. The molecule has 0 aliphatic heterocycles. The quantitative estimate of drug-likeness (QED) is 0.870. The molecule has 0 saturated heterocycles. The number of ether oxygens (including phenoxy) is 1. The van der Waals surface area contributed by atoms with Gasteiger partial charge in [-0.2, -0.15) is 8.78 Å². The van der Waals surface area contributed by atoms with Crippen LogP contribution in [-0.2, 0) is 0 Å². The van der Waals surface area contributed by atoms with Gasteiger partial charge in [0.1, 0.15) is 12.4 Å². The zero-order valence-corrected chi connectivity index (χ0v) is 8.53. The monoisotopic (exact) mass is 299 g/mol. The van der Waals surface area contributed by atoms with Gasteiger partial charge in [-0.1, -0.05) is 0 Å². The number of benzene rings is 1.